The number of carbonyl (C=O) groups excluding carboxylic acids is 1. The van der Waals surface area contributed by atoms with Gasteiger partial charge >= 0.3 is 0 Å². The topological polar surface area (TPSA) is 23.6 Å². The Hall–Kier alpha value is -0.770. The van der Waals surface area contributed by atoms with Gasteiger partial charge in [0.15, 0.2) is 0 Å². The first-order chi connectivity index (χ1) is 10.4. The normalized spacial score (nSPS) is 18.2. The second kappa shape index (κ2) is 7.67. The van der Waals surface area contributed by atoms with Gasteiger partial charge < -0.3 is 4.90 Å². The average Bonchev–Trinajstić information content (AvgIpc) is 3.03. The molecule has 0 N–H and O–H groups in total. The molecule has 0 aliphatic carbocycles. The fourth-order valence-electron chi connectivity index (χ4n) is 2.95. The summed E-state index contributed by atoms with van der Waals surface area (Å²) in [5.41, 5.74) is 0.896. The maximum Gasteiger partial charge on any atom is 0.227 e. The van der Waals surface area contributed by atoms with E-state index in [1.807, 2.05) is 18.0 Å². The molecule has 0 unspecified atom stereocenters. The van der Waals surface area contributed by atoms with Crippen molar-refractivity contribution >= 4 is 29.1 Å². The first-order valence-corrected chi connectivity index (χ1v) is 8.59. The standard InChI is InChI=1S/C17H24Cl2N2O/c1-12(13(2)21-8-4-5-9-21)20(3)17(22)11-14-6-7-15(18)16(19)10-14/h6-7,10,12-13H,4-5,8-9,11H2,1-3H3/t12-,13-/m0/s1. The van der Waals surface area contributed by atoms with Gasteiger partial charge in [0.25, 0.3) is 0 Å². The fourth-order valence-corrected chi connectivity index (χ4v) is 3.27. The third-order valence-electron chi connectivity index (χ3n) is 4.76. The number of nitrogens with zero attached hydrogens (tertiary/aromatic N) is 2. The van der Waals surface area contributed by atoms with Crippen LogP contribution in [0.3, 0.4) is 0 Å². The van der Waals surface area contributed by atoms with Crippen molar-refractivity contribution in [2.24, 2.45) is 0 Å². The third kappa shape index (κ3) is 4.15. The molecule has 1 aliphatic heterocycles. The van der Waals surface area contributed by atoms with Crippen LogP contribution in [0.2, 0.25) is 10.0 Å². The van der Waals surface area contributed by atoms with E-state index in [0.717, 1.165) is 18.7 Å². The van der Waals surface area contributed by atoms with E-state index in [4.69, 9.17) is 23.2 Å². The van der Waals surface area contributed by atoms with Crippen LogP contribution in [0.25, 0.3) is 0 Å². The molecule has 1 saturated heterocycles. The van der Waals surface area contributed by atoms with Crippen molar-refractivity contribution in [1.29, 1.82) is 0 Å². The van der Waals surface area contributed by atoms with Gasteiger partial charge in [0.2, 0.25) is 5.91 Å². The van der Waals surface area contributed by atoms with Crippen molar-refractivity contribution in [3.05, 3.63) is 33.8 Å². The Kier molecular flexibility index (Phi) is 6.13. The molecule has 5 heteroatoms. The predicted molar refractivity (Wildman–Crippen MR) is 92.7 cm³/mol. The van der Waals surface area contributed by atoms with Gasteiger partial charge in [0, 0.05) is 19.1 Å². The van der Waals surface area contributed by atoms with Crippen LogP contribution in [0.15, 0.2) is 18.2 Å². The van der Waals surface area contributed by atoms with Gasteiger partial charge in [0.05, 0.1) is 16.5 Å². The van der Waals surface area contributed by atoms with Crippen LogP contribution in [0.5, 0.6) is 0 Å². The smallest absolute Gasteiger partial charge is 0.227 e. The molecular formula is C17H24Cl2N2O. The molecule has 1 aromatic rings. The van der Waals surface area contributed by atoms with Crippen LogP contribution in [-0.4, -0.2) is 47.9 Å². The molecule has 0 saturated carbocycles. The summed E-state index contributed by atoms with van der Waals surface area (Å²) in [6.45, 7) is 6.61. The molecule has 22 heavy (non-hydrogen) atoms. The van der Waals surface area contributed by atoms with Crippen molar-refractivity contribution in [2.75, 3.05) is 20.1 Å². The van der Waals surface area contributed by atoms with E-state index < -0.39 is 0 Å². The SMILES string of the molecule is C[C@@H]([C@H](C)N(C)C(=O)Cc1ccc(Cl)c(Cl)c1)N1CCCC1. The molecule has 0 spiro atoms. The minimum absolute atomic E-state index is 0.108. The van der Waals surface area contributed by atoms with E-state index >= 15 is 0 Å². The van der Waals surface area contributed by atoms with Crippen molar-refractivity contribution in [2.45, 2.75) is 45.2 Å². The largest absolute Gasteiger partial charge is 0.341 e. The Morgan fingerprint density at radius 3 is 2.45 bits per heavy atom. The molecule has 0 radical (unpaired) electrons. The number of hydrogen-bond donors (Lipinski definition) is 0. The fraction of sp³-hybridized carbons (Fsp3) is 0.588. The number of halogens is 2. The Morgan fingerprint density at radius 1 is 1.23 bits per heavy atom. The highest BCUT2D eigenvalue weighted by Gasteiger charge is 2.27. The monoisotopic (exact) mass is 342 g/mol. The zero-order valence-electron chi connectivity index (χ0n) is 13.5. The van der Waals surface area contributed by atoms with E-state index in [0.29, 0.717) is 22.5 Å². The molecule has 1 fully saturated rings. The van der Waals surface area contributed by atoms with Crippen LogP contribution < -0.4 is 0 Å². The quantitative estimate of drug-likeness (QED) is 0.810. The molecule has 122 valence electrons. The number of likely N-dealkylation sites (N-methyl/N-ethyl adjacent to an activating group) is 1. The molecule has 0 bridgehead atoms. The minimum atomic E-state index is 0.108. The van der Waals surface area contributed by atoms with Crippen molar-refractivity contribution < 1.29 is 4.79 Å². The lowest BCUT2D eigenvalue weighted by Gasteiger charge is -2.35. The number of rotatable bonds is 5. The molecule has 0 aromatic heterocycles. The number of amides is 1. The summed E-state index contributed by atoms with van der Waals surface area (Å²) in [5, 5.41) is 1.01. The van der Waals surface area contributed by atoms with Gasteiger partial charge in [-0.25, -0.2) is 0 Å². The first kappa shape index (κ1) is 17.6. The van der Waals surface area contributed by atoms with E-state index in [1.165, 1.54) is 12.8 Å². The van der Waals surface area contributed by atoms with Gasteiger partial charge in [-0.1, -0.05) is 29.3 Å². The Bertz CT molecular complexity index is 529. The highest BCUT2D eigenvalue weighted by molar-refractivity contribution is 6.42. The zero-order valence-corrected chi connectivity index (χ0v) is 15.0. The molecule has 3 nitrogen and oxygen atoms in total. The van der Waals surface area contributed by atoms with Crippen molar-refractivity contribution in [3.63, 3.8) is 0 Å². The van der Waals surface area contributed by atoms with Gasteiger partial charge in [-0.2, -0.15) is 0 Å². The van der Waals surface area contributed by atoms with E-state index in [1.54, 1.807) is 12.1 Å². The van der Waals surface area contributed by atoms with Crippen LogP contribution >= 0.6 is 23.2 Å². The summed E-state index contributed by atoms with van der Waals surface area (Å²) in [6, 6.07) is 5.93. The predicted octanol–water partition coefficient (Wildman–Crippen LogP) is 3.87. The Labute approximate surface area is 143 Å². The van der Waals surface area contributed by atoms with Crippen LogP contribution in [0.4, 0.5) is 0 Å². The van der Waals surface area contributed by atoms with Gasteiger partial charge in [-0.15, -0.1) is 0 Å². The third-order valence-corrected chi connectivity index (χ3v) is 5.50. The second-order valence-electron chi connectivity index (χ2n) is 6.15. The summed E-state index contributed by atoms with van der Waals surface area (Å²) in [7, 11) is 1.89. The molecule has 2 rings (SSSR count). The van der Waals surface area contributed by atoms with Gasteiger partial charge in [-0.3, -0.25) is 9.69 Å². The number of benzene rings is 1. The van der Waals surface area contributed by atoms with Crippen molar-refractivity contribution in [3.8, 4) is 0 Å². The lowest BCUT2D eigenvalue weighted by Crippen LogP contribution is -2.49. The Morgan fingerprint density at radius 2 is 1.86 bits per heavy atom. The van der Waals surface area contributed by atoms with Crippen LogP contribution in [-0.2, 0) is 11.2 Å². The van der Waals surface area contributed by atoms with E-state index in [2.05, 4.69) is 18.7 Å². The highest BCUT2D eigenvalue weighted by Crippen LogP contribution is 2.23. The summed E-state index contributed by atoms with van der Waals surface area (Å²) < 4.78 is 0. The summed E-state index contributed by atoms with van der Waals surface area (Å²) in [6.07, 6.45) is 2.88. The molecule has 1 heterocycles. The van der Waals surface area contributed by atoms with Gasteiger partial charge in [-0.05, 0) is 57.5 Å². The highest BCUT2D eigenvalue weighted by atomic mass is 35.5. The lowest BCUT2D eigenvalue weighted by atomic mass is 10.1. The van der Waals surface area contributed by atoms with Crippen molar-refractivity contribution in [1.82, 2.24) is 9.80 Å². The average molecular weight is 343 g/mol. The molecule has 1 amide bonds. The van der Waals surface area contributed by atoms with Crippen LogP contribution in [0.1, 0.15) is 32.3 Å². The summed E-state index contributed by atoms with van der Waals surface area (Å²) >= 11 is 11.9. The summed E-state index contributed by atoms with van der Waals surface area (Å²) in [5.74, 6) is 0.108. The Balaban J connectivity index is 1.96. The molecule has 1 aliphatic rings. The number of hydrogen-bond acceptors (Lipinski definition) is 2. The molecule has 1 aromatic carbocycles. The minimum Gasteiger partial charge on any atom is -0.341 e. The summed E-state index contributed by atoms with van der Waals surface area (Å²) in [4.78, 5) is 16.8. The zero-order chi connectivity index (χ0) is 16.3. The number of likely N-dealkylation sites (tertiary alicyclic amines) is 1. The van der Waals surface area contributed by atoms with Crippen LogP contribution in [0, 0.1) is 0 Å². The lowest BCUT2D eigenvalue weighted by molar-refractivity contribution is -0.132. The molecular weight excluding hydrogens is 319 g/mol. The maximum absolute atomic E-state index is 12.5. The van der Waals surface area contributed by atoms with E-state index in [9.17, 15) is 4.79 Å². The second-order valence-corrected chi connectivity index (χ2v) is 6.97. The molecule has 2 atom stereocenters. The first-order valence-electron chi connectivity index (χ1n) is 7.83. The van der Waals surface area contributed by atoms with E-state index in [-0.39, 0.29) is 11.9 Å². The van der Waals surface area contributed by atoms with Gasteiger partial charge in [0.1, 0.15) is 0 Å². The maximum atomic E-state index is 12.5. The number of carbonyl (C=O) groups is 1.